The Bertz CT molecular complexity index is 485. The van der Waals surface area contributed by atoms with Crippen LogP contribution in [0.4, 0.5) is 0 Å². The molecule has 5 nitrogen and oxygen atoms in total. The molecule has 0 saturated carbocycles. The van der Waals surface area contributed by atoms with Crippen LogP contribution in [0.25, 0.3) is 0 Å². The first kappa shape index (κ1) is 13.0. The highest BCUT2D eigenvalue weighted by Gasteiger charge is 2.08. The number of terminal acetylenes is 1. The van der Waals surface area contributed by atoms with Crippen LogP contribution >= 0.6 is 0 Å². The molecule has 90 valence electrons. The Morgan fingerprint density at radius 2 is 2.35 bits per heavy atom. The van der Waals surface area contributed by atoms with E-state index in [0.717, 1.165) is 12.8 Å². The van der Waals surface area contributed by atoms with Gasteiger partial charge in [0.15, 0.2) is 0 Å². The molecule has 1 heterocycles. The molecule has 1 amide bonds. The van der Waals surface area contributed by atoms with Crippen molar-refractivity contribution >= 4 is 5.91 Å². The molecule has 1 aromatic rings. The van der Waals surface area contributed by atoms with Gasteiger partial charge in [-0.2, -0.15) is 5.10 Å². The van der Waals surface area contributed by atoms with Crippen LogP contribution in [0, 0.1) is 12.3 Å². The zero-order chi connectivity index (χ0) is 12.7. The minimum Gasteiger partial charge on any atom is -0.340 e. The minimum atomic E-state index is -0.367. The minimum absolute atomic E-state index is 0.147. The summed E-state index contributed by atoms with van der Waals surface area (Å²) in [5.41, 5.74) is 0.00269. The van der Waals surface area contributed by atoms with E-state index in [1.165, 1.54) is 16.8 Å². The van der Waals surface area contributed by atoms with Gasteiger partial charge in [-0.1, -0.05) is 19.3 Å². The van der Waals surface area contributed by atoms with Crippen molar-refractivity contribution in [2.75, 3.05) is 6.54 Å². The highest BCUT2D eigenvalue weighted by Crippen LogP contribution is 1.93. The summed E-state index contributed by atoms with van der Waals surface area (Å²) in [5.74, 6) is 1.93. The van der Waals surface area contributed by atoms with E-state index in [1.807, 2.05) is 6.92 Å². The van der Waals surface area contributed by atoms with Crippen LogP contribution in [0.3, 0.4) is 0 Å². The lowest BCUT2D eigenvalue weighted by molar-refractivity contribution is 0.0951. The van der Waals surface area contributed by atoms with Gasteiger partial charge in [0, 0.05) is 12.6 Å². The Labute approximate surface area is 99.8 Å². The van der Waals surface area contributed by atoms with Crippen molar-refractivity contribution in [2.45, 2.75) is 26.3 Å². The first-order chi connectivity index (χ1) is 8.19. The fraction of sp³-hybridized carbons (Fsp3) is 0.417. The Balaban J connectivity index is 2.84. The zero-order valence-corrected chi connectivity index (χ0v) is 9.77. The summed E-state index contributed by atoms with van der Waals surface area (Å²) in [6.45, 7) is 2.69. The van der Waals surface area contributed by atoms with Gasteiger partial charge in [-0.3, -0.25) is 9.59 Å². The molecule has 0 unspecified atom stereocenters. The van der Waals surface area contributed by atoms with Crippen LogP contribution < -0.4 is 10.9 Å². The molecule has 0 bridgehead atoms. The zero-order valence-electron chi connectivity index (χ0n) is 9.77. The molecule has 0 aromatic carbocycles. The number of aromatic nitrogens is 2. The predicted molar refractivity (Wildman–Crippen MR) is 64.6 cm³/mol. The molecule has 5 heteroatoms. The van der Waals surface area contributed by atoms with Gasteiger partial charge in [0.25, 0.3) is 11.5 Å². The first-order valence-corrected chi connectivity index (χ1v) is 5.49. The molecule has 1 rings (SSSR count). The van der Waals surface area contributed by atoms with Crippen LogP contribution in [0.5, 0.6) is 0 Å². The third-order valence-corrected chi connectivity index (χ3v) is 2.17. The summed E-state index contributed by atoms with van der Waals surface area (Å²) in [5, 5.41) is 6.48. The molecule has 0 saturated heterocycles. The van der Waals surface area contributed by atoms with E-state index >= 15 is 0 Å². The lowest BCUT2D eigenvalue weighted by atomic mass is 10.3. The maximum Gasteiger partial charge on any atom is 0.272 e. The van der Waals surface area contributed by atoms with Gasteiger partial charge in [-0.25, -0.2) is 4.68 Å². The van der Waals surface area contributed by atoms with Crippen molar-refractivity contribution in [3.05, 3.63) is 28.2 Å². The van der Waals surface area contributed by atoms with Crippen molar-refractivity contribution in [3.8, 4) is 12.3 Å². The van der Waals surface area contributed by atoms with E-state index in [4.69, 9.17) is 6.42 Å². The van der Waals surface area contributed by atoms with Gasteiger partial charge in [-0.15, -0.1) is 6.42 Å². The van der Waals surface area contributed by atoms with E-state index in [9.17, 15) is 9.59 Å². The number of carbonyl (C=O) groups excluding carboxylic acids is 1. The fourth-order valence-corrected chi connectivity index (χ4v) is 1.26. The van der Waals surface area contributed by atoms with Crippen molar-refractivity contribution in [3.63, 3.8) is 0 Å². The first-order valence-electron chi connectivity index (χ1n) is 5.49. The molecule has 17 heavy (non-hydrogen) atoms. The van der Waals surface area contributed by atoms with Crippen LogP contribution in [-0.2, 0) is 6.54 Å². The number of nitrogens with zero attached hydrogens (tertiary/aromatic N) is 2. The molecule has 0 aliphatic rings. The smallest absolute Gasteiger partial charge is 0.272 e. The number of aryl methyl sites for hydroxylation is 1. The van der Waals surface area contributed by atoms with Crippen molar-refractivity contribution in [1.82, 2.24) is 15.1 Å². The second-order valence-electron chi connectivity index (χ2n) is 3.52. The standard InChI is InChI=1S/C12H15N3O2/c1-3-5-9-15-11(16)7-6-10(14-15)12(17)13-8-4-2/h2,6-7H,3,5,8-9H2,1H3,(H,13,17). The second kappa shape index (κ2) is 6.48. The lowest BCUT2D eigenvalue weighted by Gasteiger charge is -2.05. The topological polar surface area (TPSA) is 64.0 Å². The maximum atomic E-state index is 11.6. The van der Waals surface area contributed by atoms with Crippen molar-refractivity contribution in [1.29, 1.82) is 0 Å². The second-order valence-corrected chi connectivity index (χ2v) is 3.52. The summed E-state index contributed by atoms with van der Waals surface area (Å²) in [6, 6.07) is 2.74. The van der Waals surface area contributed by atoms with E-state index in [1.54, 1.807) is 0 Å². The third kappa shape index (κ3) is 3.76. The van der Waals surface area contributed by atoms with Gasteiger partial charge < -0.3 is 5.32 Å². The highest BCUT2D eigenvalue weighted by molar-refractivity contribution is 5.92. The van der Waals surface area contributed by atoms with Crippen LogP contribution in [-0.4, -0.2) is 22.2 Å². The van der Waals surface area contributed by atoms with Gasteiger partial charge in [0.1, 0.15) is 5.69 Å². The molecule has 0 fully saturated rings. The number of amides is 1. The third-order valence-electron chi connectivity index (χ3n) is 2.17. The highest BCUT2D eigenvalue weighted by atomic mass is 16.2. The van der Waals surface area contributed by atoms with Gasteiger partial charge in [0.05, 0.1) is 6.54 Å². The van der Waals surface area contributed by atoms with E-state index in [0.29, 0.717) is 6.54 Å². The average molecular weight is 233 g/mol. The fourth-order valence-electron chi connectivity index (χ4n) is 1.26. The molecule has 1 aromatic heterocycles. The summed E-state index contributed by atoms with van der Waals surface area (Å²) in [7, 11) is 0. The van der Waals surface area contributed by atoms with Gasteiger partial charge in [0.2, 0.25) is 0 Å². The van der Waals surface area contributed by atoms with Gasteiger partial charge in [-0.05, 0) is 12.5 Å². The molecule has 0 radical (unpaired) electrons. The van der Waals surface area contributed by atoms with E-state index in [2.05, 4.69) is 16.3 Å². The number of hydrogen-bond donors (Lipinski definition) is 1. The van der Waals surface area contributed by atoms with Gasteiger partial charge >= 0.3 is 0 Å². The molecule has 0 aliphatic carbocycles. The summed E-state index contributed by atoms with van der Waals surface area (Å²) in [4.78, 5) is 23.0. The summed E-state index contributed by atoms with van der Waals surface area (Å²) < 4.78 is 1.30. The van der Waals surface area contributed by atoms with Crippen LogP contribution in [0.2, 0.25) is 0 Å². The normalized spacial score (nSPS) is 9.65. The molecule has 0 spiro atoms. The summed E-state index contributed by atoms with van der Waals surface area (Å²) in [6.07, 6.45) is 6.84. The monoisotopic (exact) mass is 233 g/mol. The summed E-state index contributed by atoms with van der Waals surface area (Å²) >= 11 is 0. The Hall–Kier alpha value is -2.09. The number of rotatable bonds is 5. The Morgan fingerprint density at radius 1 is 1.59 bits per heavy atom. The van der Waals surface area contributed by atoms with E-state index < -0.39 is 0 Å². The largest absolute Gasteiger partial charge is 0.340 e. The molecular weight excluding hydrogens is 218 g/mol. The van der Waals surface area contributed by atoms with Crippen LogP contribution in [0.15, 0.2) is 16.9 Å². The Morgan fingerprint density at radius 3 is 3.00 bits per heavy atom. The molecule has 1 N–H and O–H groups in total. The number of carbonyl (C=O) groups is 1. The van der Waals surface area contributed by atoms with Crippen molar-refractivity contribution in [2.24, 2.45) is 0 Å². The quantitative estimate of drug-likeness (QED) is 0.749. The SMILES string of the molecule is C#CCNC(=O)c1ccc(=O)n(CCCC)n1. The molecule has 0 aliphatic heterocycles. The van der Waals surface area contributed by atoms with Crippen LogP contribution in [0.1, 0.15) is 30.3 Å². The van der Waals surface area contributed by atoms with Crippen molar-refractivity contribution < 1.29 is 4.79 Å². The number of nitrogens with one attached hydrogen (secondary N) is 1. The predicted octanol–water partition coefficient (Wildman–Crippen LogP) is 0.406. The number of unbranched alkanes of at least 4 members (excludes halogenated alkanes) is 1. The molecular formula is C12H15N3O2. The lowest BCUT2D eigenvalue weighted by Crippen LogP contribution is -2.29. The average Bonchev–Trinajstić information content (AvgIpc) is 2.35. The Kier molecular flexibility index (Phi) is 4.95. The maximum absolute atomic E-state index is 11.6. The van der Waals surface area contributed by atoms with E-state index in [-0.39, 0.29) is 23.7 Å². The molecule has 0 atom stereocenters. The number of hydrogen-bond acceptors (Lipinski definition) is 3.